The van der Waals surface area contributed by atoms with Crippen molar-refractivity contribution in [1.29, 1.82) is 0 Å². The third-order valence-electron chi connectivity index (χ3n) is 3.63. The monoisotopic (exact) mass is 378 g/mol. The van der Waals surface area contributed by atoms with Crippen LogP contribution < -0.4 is 10.2 Å². The van der Waals surface area contributed by atoms with Gasteiger partial charge in [0.2, 0.25) is 5.91 Å². The number of rotatable bonds is 7. The molecule has 1 atom stereocenters. The first-order valence-corrected chi connectivity index (χ1v) is 8.47. The fourth-order valence-electron chi connectivity index (χ4n) is 2.39. The van der Waals surface area contributed by atoms with E-state index >= 15 is 0 Å². The summed E-state index contributed by atoms with van der Waals surface area (Å²) in [4.78, 5) is 39.7. The molecule has 1 aromatic carbocycles. The second-order valence-electron chi connectivity index (χ2n) is 5.66. The number of carboxylic acid groups (broad SMARTS) is 1. The standard InChI is InChI=1S/C16H18N4O5S/c1-9-14(16(22)23)26-15(18-9)10(2)17-13(21)8-19(3)11-6-4-5-7-12(11)20(24)25/h4-7,10H,8H2,1-3H3,(H,17,21)(H,22,23). The molecule has 1 heterocycles. The number of likely N-dealkylation sites (N-methyl/N-ethyl adjacent to an activating group) is 1. The number of aryl methyl sites for hydroxylation is 1. The highest BCUT2D eigenvalue weighted by Gasteiger charge is 2.21. The fraction of sp³-hybridized carbons (Fsp3) is 0.312. The van der Waals surface area contributed by atoms with Gasteiger partial charge in [-0.2, -0.15) is 0 Å². The van der Waals surface area contributed by atoms with Crippen molar-refractivity contribution in [3.63, 3.8) is 0 Å². The number of amides is 1. The van der Waals surface area contributed by atoms with Crippen molar-refractivity contribution in [3.8, 4) is 0 Å². The van der Waals surface area contributed by atoms with Crippen LogP contribution in [0, 0.1) is 17.0 Å². The van der Waals surface area contributed by atoms with E-state index in [1.54, 1.807) is 39.1 Å². The van der Waals surface area contributed by atoms with Gasteiger partial charge in [-0.25, -0.2) is 9.78 Å². The van der Waals surface area contributed by atoms with E-state index in [0.29, 0.717) is 16.4 Å². The summed E-state index contributed by atoms with van der Waals surface area (Å²) in [5.41, 5.74) is 0.645. The minimum absolute atomic E-state index is 0.0857. The molecule has 138 valence electrons. The van der Waals surface area contributed by atoms with Crippen molar-refractivity contribution >= 4 is 34.6 Å². The molecule has 0 aliphatic carbocycles. The molecule has 0 aliphatic rings. The molecular formula is C16H18N4O5S. The molecule has 0 radical (unpaired) electrons. The molecule has 0 bridgehead atoms. The predicted molar refractivity (Wildman–Crippen MR) is 96.7 cm³/mol. The number of hydrogen-bond donors (Lipinski definition) is 2. The Kier molecular flexibility index (Phi) is 5.88. The Morgan fingerprint density at radius 1 is 1.42 bits per heavy atom. The molecule has 1 aromatic heterocycles. The summed E-state index contributed by atoms with van der Waals surface area (Å²) in [6.45, 7) is 3.21. The van der Waals surface area contributed by atoms with Gasteiger partial charge in [0.1, 0.15) is 15.6 Å². The summed E-state index contributed by atoms with van der Waals surface area (Å²) in [6.07, 6.45) is 0. The number of aromatic carboxylic acids is 1. The van der Waals surface area contributed by atoms with E-state index in [4.69, 9.17) is 5.11 Å². The Bertz CT molecular complexity index is 851. The summed E-state index contributed by atoms with van der Waals surface area (Å²) in [5, 5.41) is 23.4. The number of thiazole rings is 1. The number of nitrogens with zero attached hydrogens (tertiary/aromatic N) is 3. The van der Waals surface area contributed by atoms with Crippen LogP contribution in [-0.2, 0) is 4.79 Å². The molecule has 2 N–H and O–H groups in total. The molecule has 2 aromatic rings. The maximum absolute atomic E-state index is 12.3. The van der Waals surface area contributed by atoms with E-state index < -0.39 is 16.9 Å². The van der Waals surface area contributed by atoms with E-state index in [9.17, 15) is 19.7 Å². The van der Waals surface area contributed by atoms with Gasteiger partial charge in [-0.05, 0) is 19.9 Å². The highest BCUT2D eigenvalue weighted by Crippen LogP contribution is 2.27. The topological polar surface area (TPSA) is 126 Å². The Hall–Kier alpha value is -3.01. The van der Waals surface area contributed by atoms with Crippen LogP contribution >= 0.6 is 11.3 Å². The quantitative estimate of drug-likeness (QED) is 0.559. The van der Waals surface area contributed by atoms with Crippen LogP contribution in [0.25, 0.3) is 0 Å². The molecule has 0 fully saturated rings. The van der Waals surface area contributed by atoms with Crippen LogP contribution in [0.5, 0.6) is 0 Å². The van der Waals surface area contributed by atoms with Crippen molar-refractivity contribution in [1.82, 2.24) is 10.3 Å². The second-order valence-corrected chi connectivity index (χ2v) is 6.69. The lowest BCUT2D eigenvalue weighted by Crippen LogP contribution is -2.36. The van der Waals surface area contributed by atoms with Crippen LogP contribution in [0.1, 0.15) is 33.3 Å². The number of benzene rings is 1. The molecule has 0 saturated heterocycles. The summed E-state index contributed by atoms with van der Waals surface area (Å²) >= 11 is 1.01. The van der Waals surface area contributed by atoms with E-state index in [1.807, 2.05) is 0 Å². The van der Waals surface area contributed by atoms with Gasteiger partial charge in [0, 0.05) is 13.1 Å². The third-order valence-corrected chi connectivity index (χ3v) is 4.95. The number of para-hydroxylation sites is 2. The second kappa shape index (κ2) is 7.91. The van der Waals surface area contributed by atoms with E-state index in [0.717, 1.165) is 11.3 Å². The maximum Gasteiger partial charge on any atom is 0.347 e. The zero-order valence-corrected chi connectivity index (χ0v) is 15.2. The lowest BCUT2D eigenvalue weighted by atomic mass is 10.2. The number of aromatic nitrogens is 1. The van der Waals surface area contributed by atoms with E-state index in [-0.39, 0.29) is 23.0 Å². The average Bonchev–Trinajstić information content (AvgIpc) is 2.96. The largest absolute Gasteiger partial charge is 0.477 e. The predicted octanol–water partition coefficient (Wildman–Crippen LogP) is 2.37. The molecule has 0 spiro atoms. The van der Waals surface area contributed by atoms with Gasteiger partial charge >= 0.3 is 5.97 Å². The van der Waals surface area contributed by atoms with E-state index in [1.165, 1.54) is 11.0 Å². The molecule has 0 aliphatic heterocycles. The summed E-state index contributed by atoms with van der Waals surface area (Å²) in [7, 11) is 1.59. The SMILES string of the molecule is Cc1nc(C(C)NC(=O)CN(C)c2ccccc2[N+](=O)[O-])sc1C(=O)O. The van der Waals surface area contributed by atoms with Crippen LogP contribution in [0.3, 0.4) is 0 Å². The average molecular weight is 378 g/mol. The van der Waals surface area contributed by atoms with Crippen LogP contribution in [0.15, 0.2) is 24.3 Å². The first-order valence-electron chi connectivity index (χ1n) is 7.65. The van der Waals surface area contributed by atoms with Gasteiger partial charge in [-0.3, -0.25) is 14.9 Å². The number of nitrogens with one attached hydrogen (secondary N) is 1. The first-order chi connectivity index (χ1) is 12.2. The van der Waals surface area contributed by atoms with Crippen LogP contribution in [0.2, 0.25) is 0 Å². The van der Waals surface area contributed by atoms with Crippen molar-refractivity contribution in [2.45, 2.75) is 19.9 Å². The lowest BCUT2D eigenvalue weighted by Gasteiger charge is -2.20. The van der Waals surface area contributed by atoms with Gasteiger partial charge in [-0.15, -0.1) is 11.3 Å². The van der Waals surface area contributed by atoms with Crippen molar-refractivity contribution in [2.24, 2.45) is 0 Å². The van der Waals surface area contributed by atoms with Gasteiger partial charge in [0.15, 0.2) is 0 Å². The molecule has 1 amide bonds. The smallest absolute Gasteiger partial charge is 0.347 e. The van der Waals surface area contributed by atoms with Gasteiger partial charge < -0.3 is 15.3 Å². The summed E-state index contributed by atoms with van der Waals surface area (Å²) in [5.74, 6) is -1.41. The first kappa shape index (κ1) is 19.3. The van der Waals surface area contributed by atoms with Crippen molar-refractivity contribution < 1.29 is 19.6 Å². The molecule has 10 heteroatoms. The number of hydrogen-bond acceptors (Lipinski definition) is 7. The zero-order valence-electron chi connectivity index (χ0n) is 14.4. The van der Waals surface area contributed by atoms with Crippen molar-refractivity contribution in [2.75, 3.05) is 18.5 Å². The van der Waals surface area contributed by atoms with E-state index in [2.05, 4.69) is 10.3 Å². The highest BCUT2D eigenvalue weighted by molar-refractivity contribution is 7.13. The number of anilines is 1. The number of nitro groups is 1. The van der Waals surface area contributed by atoms with Crippen LogP contribution in [0.4, 0.5) is 11.4 Å². The Morgan fingerprint density at radius 2 is 2.08 bits per heavy atom. The Morgan fingerprint density at radius 3 is 2.65 bits per heavy atom. The molecule has 26 heavy (non-hydrogen) atoms. The Labute approximate surface area is 153 Å². The number of carbonyl (C=O) groups is 2. The van der Waals surface area contributed by atoms with Gasteiger partial charge in [0.25, 0.3) is 5.69 Å². The number of carbonyl (C=O) groups excluding carboxylic acids is 1. The third kappa shape index (κ3) is 4.33. The zero-order chi connectivity index (χ0) is 19.4. The van der Waals surface area contributed by atoms with Crippen molar-refractivity contribution in [3.05, 3.63) is 50.0 Å². The Balaban J connectivity index is 2.05. The molecule has 0 saturated carbocycles. The van der Waals surface area contributed by atoms with Gasteiger partial charge in [0.05, 0.1) is 23.2 Å². The summed E-state index contributed by atoms with van der Waals surface area (Å²) < 4.78 is 0. The highest BCUT2D eigenvalue weighted by atomic mass is 32.1. The fourth-order valence-corrected chi connectivity index (χ4v) is 3.30. The lowest BCUT2D eigenvalue weighted by molar-refractivity contribution is -0.384. The van der Waals surface area contributed by atoms with Crippen LogP contribution in [-0.4, -0.2) is 40.5 Å². The number of nitro benzene ring substituents is 1. The molecule has 2 rings (SSSR count). The molecular weight excluding hydrogens is 360 g/mol. The minimum Gasteiger partial charge on any atom is -0.477 e. The minimum atomic E-state index is -1.05. The number of carboxylic acids is 1. The molecule has 9 nitrogen and oxygen atoms in total. The summed E-state index contributed by atoms with van der Waals surface area (Å²) in [6, 6.07) is 5.68. The normalized spacial score (nSPS) is 11.7. The molecule has 1 unspecified atom stereocenters. The maximum atomic E-state index is 12.3. The van der Waals surface area contributed by atoms with Gasteiger partial charge in [-0.1, -0.05) is 12.1 Å².